The van der Waals surface area contributed by atoms with E-state index in [0.717, 1.165) is 28.6 Å². The van der Waals surface area contributed by atoms with Gasteiger partial charge < -0.3 is 5.11 Å². The summed E-state index contributed by atoms with van der Waals surface area (Å²) in [6, 6.07) is 7.55. The highest BCUT2D eigenvalue weighted by molar-refractivity contribution is 9.10. The Hall–Kier alpha value is -2.10. The van der Waals surface area contributed by atoms with Crippen LogP contribution >= 0.6 is 39.9 Å². The summed E-state index contributed by atoms with van der Waals surface area (Å²) in [5, 5.41) is 8.68. The van der Waals surface area contributed by atoms with Crippen LogP contribution in [0.4, 0.5) is 0 Å². The number of thioether (sulfide) groups is 1. The van der Waals surface area contributed by atoms with Gasteiger partial charge in [0.1, 0.15) is 4.32 Å². The quantitative estimate of drug-likeness (QED) is 0.323. The summed E-state index contributed by atoms with van der Waals surface area (Å²) in [5.41, 5.74) is 2.31. The first-order valence-corrected chi connectivity index (χ1v) is 11.0. The molecular weight excluding hydrogens is 474 g/mol. The molecule has 0 saturated carbocycles. The number of rotatable bonds is 8. The Bertz CT molecular complexity index is 981. The zero-order valence-corrected chi connectivity index (χ0v) is 18.6. The molecule has 1 fully saturated rings. The van der Waals surface area contributed by atoms with E-state index in [1.165, 1.54) is 11.8 Å². The molecule has 0 unspecified atom stereocenters. The van der Waals surface area contributed by atoms with Gasteiger partial charge >= 0.3 is 5.97 Å². The van der Waals surface area contributed by atoms with Crippen LogP contribution in [0.3, 0.4) is 0 Å². The van der Waals surface area contributed by atoms with Crippen molar-refractivity contribution in [2.75, 3.05) is 6.54 Å². The highest BCUT2D eigenvalue weighted by Crippen LogP contribution is 2.33. The van der Waals surface area contributed by atoms with Crippen LogP contribution < -0.4 is 0 Å². The lowest BCUT2D eigenvalue weighted by molar-refractivity contribution is -0.137. The first-order chi connectivity index (χ1) is 13.9. The predicted molar refractivity (Wildman–Crippen MR) is 121 cm³/mol. The Labute approximate surface area is 186 Å². The van der Waals surface area contributed by atoms with E-state index in [1.54, 1.807) is 23.4 Å². The van der Waals surface area contributed by atoms with Gasteiger partial charge in [0, 0.05) is 35.4 Å². The number of carboxylic acid groups (broad SMARTS) is 1. The molecular formula is C20H18BrN3O3S2. The van der Waals surface area contributed by atoms with Crippen molar-refractivity contribution in [3.63, 3.8) is 0 Å². The van der Waals surface area contributed by atoms with Crippen LogP contribution in [0.15, 0.2) is 46.0 Å². The molecule has 1 aliphatic heterocycles. The molecule has 0 atom stereocenters. The van der Waals surface area contributed by atoms with Crippen molar-refractivity contribution in [1.82, 2.24) is 14.9 Å². The van der Waals surface area contributed by atoms with Gasteiger partial charge in [-0.1, -0.05) is 36.5 Å². The maximum atomic E-state index is 12.7. The first-order valence-electron chi connectivity index (χ1n) is 8.99. The summed E-state index contributed by atoms with van der Waals surface area (Å²) in [7, 11) is 0. The number of hydrogen-bond acceptors (Lipinski definition) is 6. The summed E-state index contributed by atoms with van der Waals surface area (Å²) in [6.45, 7) is 0.499. The SMILES string of the molecule is O=C(O)CCCCCN1C(=O)/C(=C/c2cccc(-c3cncc(Br)c3)n2)SC1=S. The summed E-state index contributed by atoms with van der Waals surface area (Å²) >= 11 is 10.0. The third-order valence-electron chi connectivity index (χ3n) is 4.20. The monoisotopic (exact) mass is 491 g/mol. The van der Waals surface area contributed by atoms with Gasteiger partial charge in [-0.3, -0.25) is 19.5 Å². The fourth-order valence-corrected chi connectivity index (χ4v) is 4.45. The maximum Gasteiger partial charge on any atom is 0.303 e. The van der Waals surface area contributed by atoms with Crippen LogP contribution in [-0.4, -0.2) is 42.7 Å². The Morgan fingerprint density at radius 2 is 2.10 bits per heavy atom. The van der Waals surface area contributed by atoms with Crippen molar-refractivity contribution in [2.24, 2.45) is 0 Å². The van der Waals surface area contributed by atoms with Crippen LogP contribution in [0.1, 0.15) is 31.4 Å². The van der Waals surface area contributed by atoms with E-state index in [2.05, 4.69) is 25.9 Å². The Morgan fingerprint density at radius 1 is 1.28 bits per heavy atom. The average Bonchev–Trinajstić information content (AvgIpc) is 2.95. The van der Waals surface area contributed by atoms with Gasteiger partial charge in [0.15, 0.2) is 0 Å². The molecule has 0 aliphatic carbocycles. The van der Waals surface area contributed by atoms with Gasteiger partial charge in [-0.25, -0.2) is 4.98 Å². The number of aromatic nitrogens is 2. The van der Waals surface area contributed by atoms with E-state index in [4.69, 9.17) is 17.3 Å². The molecule has 1 saturated heterocycles. The number of amides is 1. The highest BCUT2D eigenvalue weighted by Gasteiger charge is 2.31. The van der Waals surface area contributed by atoms with Crippen LogP contribution in [-0.2, 0) is 9.59 Å². The average molecular weight is 492 g/mol. The minimum Gasteiger partial charge on any atom is -0.481 e. The number of carboxylic acids is 1. The molecule has 1 amide bonds. The van der Waals surface area contributed by atoms with E-state index < -0.39 is 5.97 Å². The van der Waals surface area contributed by atoms with E-state index in [1.807, 2.05) is 24.3 Å². The second kappa shape index (κ2) is 10.1. The number of carbonyl (C=O) groups is 2. The summed E-state index contributed by atoms with van der Waals surface area (Å²) < 4.78 is 1.39. The number of aliphatic carboxylic acids is 1. The van der Waals surface area contributed by atoms with Gasteiger partial charge in [-0.2, -0.15) is 0 Å². The molecule has 2 aromatic rings. The molecule has 0 radical (unpaired) electrons. The van der Waals surface area contributed by atoms with Crippen LogP contribution in [0, 0.1) is 0 Å². The Balaban J connectivity index is 1.68. The lowest BCUT2D eigenvalue weighted by atomic mass is 10.2. The van der Waals surface area contributed by atoms with E-state index in [9.17, 15) is 9.59 Å². The zero-order valence-electron chi connectivity index (χ0n) is 15.4. The largest absolute Gasteiger partial charge is 0.481 e. The van der Waals surface area contributed by atoms with Crippen LogP contribution in [0.5, 0.6) is 0 Å². The number of hydrogen-bond donors (Lipinski definition) is 1. The van der Waals surface area contributed by atoms with E-state index in [0.29, 0.717) is 27.9 Å². The predicted octanol–water partition coefficient (Wildman–Crippen LogP) is 4.75. The summed E-state index contributed by atoms with van der Waals surface area (Å²) in [6.07, 6.45) is 7.40. The van der Waals surface area contributed by atoms with Gasteiger partial charge in [-0.15, -0.1) is 0 Å². The number of carbonyl (C=O) groups excluding carboxylic acids is 1. The van der Waals surface area contributed by atoms with Crippen molar-refractivity contribution < 1.29 is 14.7 Å². The van der Waals surface area contributed by atoms with E-state index >= 15 is 0 Å². The Kier molecular flexibility index (Phi) is 7.51. The fourth-order valence-electron chi connectivity index (χ4n) is 2.79. The smallest absolute Gasteiger partial charge is 0.303 e. The number of pyridine rings is 2. The normalized spacial score (nSPS) is 15.3. The zero-order chi connectivity index (χ0) is 20.8. The molecule has 0 aromatic carbocycles. The molecule has 0 spiro atoms. The van der Waals surface area contributed by atoms with Gasteiger partial charge in [0.25, 0.3) is 5.91 Å². The molecule has 3 rings (SSSR count). The number of nitrogens with zero attached hydrogens (tertiary/aromatic N) is 3. The second-order valence-corrected chi connectivity index (χ2v) is 8.97. The minimum atomic E-state index is -0.799. The van der Waals surface area contributed by atoms with Crippen LogP contribution in [0.2, 0.25) is 0 Å². The van der Waals surface area contributed by atoms with Crippen LogP contribution in [0.25, 0.3) is 17.3 Å². The lowest BCUT2D eigenvalue weighted by Gasteiger charge is -2.13. The van der Waals surface area contributed by atoms with Crippen molar-refractivity contribution in [3.05, 3.63) is 51.7 Å². The molecule has 6 nitrogen and oxygen atoms in total. The topological polar surface area (TPSA) is 83.4 Å². The van der Waals surface area contributed by atoms with Gasteiger partial charge in [0.2, 0.25) is 0 Å². The molecule has 9 heteroatoms. The number of halogens is 1. The third-order valence-corrected chi connectivity index (χ3v) is 6.01. The first kappa shape index (κ1) is 21.6. The molecule has 0 bridgehead atoms. The molecule has 1 aliphatic rings. The molecule has 2 aromatic heterocycles. The van der Waals surface area contributed by atoms with Crippen molar-refractivity contribution in [3.8, 4) is 11.3 Å². The summed E-state index contributed by atoms with van der Waals surface area (Å²) in [4.78, 5) is 34.2. The lowest BCUT2D eigenvalue weighted by Crippen LogP contribution is -2.29. The fraction of sp³-hybridized carbons (Fsp3) is 0.250. The molecule has 29 heavy (non-hydrogen) atoms. The third kappa shape index (κ3) is 5.94. The number of thiocarbonyl (C=S) groups is 1. The van der Waals surface area contributed by atoms with Crippen molar-refractivity contribution in [2.45, 2.75) is 25.7 Å². The van der Waals surface area contributed by atoms with Crippen molar-refractivity contribution >= 4 is 62.2 Å². The maximum absolute atomic E-state index is 12.7. The summed E-state index contributed by atoms with van der Waals surface area (Å²) in [5.74, 6) is -0.929. The van der Waals surface area contributed by atoms with E-state index in [-0.39, 0.29) is 12.3 Å². The van der Waals surface area contributed by atoms with Crippen molar-refractivity contribution in [1.29, 1.82) is 0 Å². The highest BCUT2D eigenvalue weighted by atomic mass is 79.9. The van der Waals surface area contributed by atoms with Gasteiger partial charge in [0.05, 0.1) is 16.3 Å². The second-order valence-electron chi connectivity index (χ2n) is 6.38. The molecule has 150 valence electrons. The minimum absolute atomic E-state index is 0.130. The molecule has 3 heterocycles. The standard InChI is InChI=1S/C20H18BrN3O3S2/c21-14-9-13(11-22-12-14)16-6-4-5-15(23-16)10-17-19(27)24(20(28)29-17)8-3-1-2-7-18(25)26/h4-6,9-12H,1-3,7-8H2,(H,25,26)/b17-10-. The number of unbranched alkanes of at least 4 members (excludes halogenated alkanes) is 2. The molecule has 1 N–H and O–H groups in total. The Morgan fingerprint density at radius 3 is 2.86 bits per heavy atom. The van der Waals surface area contributed by atoms with Gasteiger partial charge in [-0.05, 0) is 53.0 Å².